The van der Waals surface area contributed by atoms with Gasteiger partial charge in [0.15, 0.2) is 0 Å². The monoisotopic (exact) mass is 199 g/mol. The van der Waals surface area contributed by atoms with Gasteiger partial charge in [-0.2, -0.15) is 0 Å². The number of rotatable bonds is 4. The zero-order chi connectivity index (χ0) is 10.5. The standard InChI is InChI=1S/C13H13NO/c15-8-7-14-10-11-5-6-12-3-1-2-4-13(12)9-11/h1-6,8-9,14H,7,10H2. The molecule has 2 nitrogen and oxygen atoms in total. The van der Waals surface area contributed by atoms with Crippen LogP contribution in [0.4, 0.5) is 0 Å². The topological polar surface area (TPSA) is 29.1 Å². The SMILES string of the molecule is O=CCNCc1ccc2ccccc2c1. The summed E-state index contributed by atoms with van der Waals surface area (Å²) < 4.78 is 0. The number of carbonyl (C=O) groups is 1. The Kier molecular flexibility index (Phi) is 3.10. The number of fused-ring (bicyclic) bond motifs is 1. The van der Waals surface area contributed by atoms with Gasteiger partial charge in [-0.25, -0.2) is 0 Å². The van der Waals surface area contributed by atoms with E-state index >= 15 is 0 Å². The van der Waals surface area contributed by atoms with Crippen LogP contribution in [-0.4, -0.2) is 12.8 Å². The molecule has 2 aromatic carbocycles. The molecule has 1 N–H and O–H groups in total. The van der Waals surface area contributed by atoms with E-state index in [1.807, 2.05) is 12.1 Å². The first-order chi connectivity index (χ1) is 7.40. The van der Waals surface area contributed by atoms with Gasteiger partial charge < -0.3 is 10.1 Å². The highest BCUT2D eigenvalue weighted by atomic mass is 16.1. The summed E-state index contributed by atoms with van der Waals surface area (Å²) in [5.74, 6) is 0. The molecule has 0 heterocycles. The number of hydrogen-bond acceptors (Lipinski definition) is 2. The third-order valence-electron chi connectivity index (χ3n) is 2.37. The van der Waals surface area contributed by atoms with E-state index in [0.717, 1.165) is 12.8 Å². The molecular formula is C13H13NO. The lowest BCUT2D eigenvalue weighted by atomic mass is 10.1. The molecule has 0 spiro atoms. The molecule has 0 fully saturated rings. The highest BCUT2D eigenvalue weighted by molar-refractivity contribution is 5.82. The number of hydrogen-bond donors (Lipinski definition) is 1. The normalized spacial score (nSPS) is 10.4. The summed E-state index contributed by atoms with van der Waals surface area (Å²) in [6.07, 6.45) is 0.876. The molecule has 0 saturated heterocycles. The second kappa shape index (κ2) is 4.71. The second-order valence-electron chi connectivity index (χ2n) is 3.48. The van der Waals surface area contributed by atoms with Crippen molar-refractivity contribution in [3.05, 3.63) is 48.0 Å². The fourth-order valence-electron chi connectivity index (χ4n) is 1.62. The molecule has 2 heteroatoms. The summed E-state index contributed by atoms with van der Waals surface area (Å²) in [6, 6.07) is 14.6. The number of nitrogens with one attached hydrogen (secondary N) is 1. The van der Waals surface area contributed by atoms with E-state index in [2.05, 4.69) is 35.6 Å². The molecule has 0 unspecified atom stereocenters. The van der Waals surface area contributed by atoms with Gasteiger partial charge in [0, 0.05) is 6.54 Å². The Morgan fingerprint density at radius 3 is 2.67 bits per heavy atom. The van der Waals surface area contributed by atoms with Gasteiger partial charge in [-0.3, -0.25) is 0 Å². The van der Waals surface area contributed by atoms with Crippen LogP contribution in [0, 0.1) is 0 Å². The Morgan fingerprint density at radius 1 is 1.07 bits per heavy atom. The average molecular weight is 199 g/mol. The zero-order valence-electron chi connectivity index (χ0n) is 8.44. The van der Waals surface area contributed by atoms with Crippen molar-refractivity contribution in [2.24, 2.45) is 0 Å². The molecule has 0 bridgehead atoms. The van der Waals surface area contributed by atoms with E-state index in [9.17, 15) is 4.79 Å². The third kappa shape index (κ3) is 2.42. The predicted molar refractivity (Wildman–Crippen MR) is 61.7 cm³/mol. The zero-order valence-corrected chi connectivity index (χ0v) is 8.44. The highest BCUT2D eigenvalue weighted by Gasteiger charge is 1.95. The van der Waals surface area contributed by atoms with E-state index in [0.29, 0.717) is 6.54 Å². The van der Waals surface area contributed by atoms with Crippen molar-refractivity contribution in [2.75, 3.05) is 6.54 Å². The summed E-state index contributed by atoms with van der Waals surface area (Å²) in [5, 5.41) is 5.53. The highest BCUT2D eigenvalue weighted by Crippen LogP contribution is 2.15. The van der Waals surface area contributed by atoms with Gasteiger partial charge in [0.1, 0.15) is 6.29 Å². The van der Waals surface area contributed by atoms with Crippen LogP contribution >= 0.6 is 0 Å². The third-order valence-corrected chi connectivity index (χ3v) is 2.37. The number of aldehydes is 1. The van der Waals surface area contributed by atoms with Crippen molar-refractivity contribution in [3.8, 4) is 0 Å². The molecule has 15 heavy (non-hydrogen) atoms. The summed E-state index contributed by atoms with van der Waals surface area (Å²) in [5.41, 5.74) is 1.20. The Bertz CT molecular complexity index is 465. The van der Waals surface area contributed by atoms with Crippen molar-refractivity contribution in [3.63, 3.8) is 0 Å². The minimum atomic E-state index is 0.410. The Hall–Kier alpha value is -1.67. The summed E-state index contributed by atoms with van der Waals surface area (Å²) in [6.45, 7) is 1.15. The maximum atomic E-state index is 10.1. The maximum Gasteiger partial charge on any atom is 0.133 e. The Labute approximate surface area is 88.9 Å². The quantitative estimate of drug-likeness (QED) is 0.603. The van der Waals surface area contributed by atoms with Gasteiger partial charge in [0.2, 0.25) is 0 Å². The van der Waals surface area contributed by atoms with E-state index in [-0.39, 0.29) is 0 Å². The first-order valence-electron chi connectivity index (χ1n) is 5.02. The van der Waals surface area contributed by atoms with E-state index in [1.54, 1.807) is 0 Å². The van der Waals surface area contributed by atoms with Crippen LogP contribution < -0.4 is 5.32 Å². The van der Waals surface area contributed by atoms with Crippen LogP contribution in [0.3, 0.4) is 0 Å². The molecule has 0 amide bonds. The van der Waals surface area contributed by atoms with Crippen LogP contribution in [-0.2, 0) is 11.3 Å². The minimum absolute atomic E-state index is 0.410. The lowest BCUT2D eigenvalue weighted by Gasteiger charge is -2.03. The fourth-order valence-corrected chi connectivity index (χ4v) is 1.62. The predicted octanol–water partition coefficient (Wildman–Crippen LogP) is 2.13. The van der Waals surface area contributed by atoms with Crippen LogP contribution in [0.1, 0.15) is 5.56 Å². The molecule has 76 valence electrons. The van der Waals surface area contributed by atoms with Crippen LogP contribution in [0.5, 0.6) is 0 Å². The Morgan fingerprint density at radius 2 is 1.87 bits per heavy atom. The van der Waals surface area contributed by atoms with Gasteiger partial charge in [-0.15, -0.1) is 0 Å². The fraction of sp³-hybridized carbons (Fsp3) is 0.154. The van der Waals surface area contributed by atoms with Crippen molar-refractivity contribution in [1.29, 1.82) is 0 Å². The number of benzene rings is 2. The van der Waals surface area contributed by atoms with Gasteiger partial charge in [0.25, 0.3) is 0 Å². The number of carbonyl (C=O) groups excluding carboxylic acids is 1. The van der Waals surface area contributed by atoms with Crippen molar-refractivity contribution >= 4 is 17.1 Å². The molecule has 0 aromatic heterocycles. The lowest BCUT2D eigenvalue weighted by Crippen LogP contribution is -2.15. The Balaban J connectivity index is 2.19. The van der Waals surface area contributed by atoms with Crippen molar-refractivity contribution in [2.45, 2.75) is 6.54 Å². The van der Waals surface area contributed by atoms with Gasteiger partial charge in [-0.05, 0) is 22.4 Å². The van der Waals surface area contributed by atoms with Gasteiger partial charge in [0.05, 0.1) is 6.54 Å². The first kappa shape index (κ1) is 9.87. The van der Waals surface area contributed by atoms with Gasteiger partial charge in [-0.1, -0.05) is 36.4 Å². The first-order valence-corrected chi connectivity index (χ1v) is 5.02. The molecule has 0 radical (unpaired) electrons. The smallest absolute Gasteiger partial charge is 0.133 e. The summed E-state index contributed by atoms with van der Waals surface area (Å²) >= 11 is 0. The largest absolute Gasteiger partial charge is 0.306 e. The van der Waals surface area contributed by atoms with Crippen molar-refractivity contribution in [1.82, 2.24) is 5.32 Å². The molecule has 0 aliphatic carbocycles. The summed E-state index contributed by atoms with van der Waals surface area (Å²) in [7, 11) is 0. The molecular weight excluding hydrogens is 186 g/mol. The van der Waals surface area contributed by atoms with Gasteiger partial charge >= 0.3 is 0 Å². The molecule has 0 aliphatic rings. The summed E-state index contributed by atoms with van der Waals surface area (Å²) in [4.78, 5) is 10.1. The molecule has 0 saturated carbocycles. The molecule has 2 rings (SSSR count). The van der Waals surface area contributed by atoms with Crippen molar-refractivity contribution < 1.29 is 4.79 Å². The second-order valence-corrected chi connectivity index (χ2v) is 3.48. The lowest BCUT2D eigenvalue weighted by molar-refractivity contribution is -0.107. The van der Waals surface area contributed by atoms with E-state index in [1.165, 1.54) is 16.3 Å². The molecule has 0 atom stereocenters. The molecule has 2 aromatic rings. The van der Waals surface area contributed by atoms with Crippen LogP contribution in [0.2, 0.25) is 0 Å². The van der Waals surface area contributed by atoms with Crippen LogP contribution in [0.15, 0.2) is 42.5 Å². The van der Waals surface area contributed by atoms with E-state index in [4.69, 9.17) is 0 Å². The minimum Gasteiger partial charge on any atom is -0.306 e. The average Bonchev–Trinajstić information content (AvgIpc) is 2.29. The molecule has 0 aliphatic heterocycles. The maximum absolute atomic E-state index is 10.1. The van der Waals surface area contributed by atoms with E-state index < -0.39 is 0 Å². The van der Waals surface area contributed by atoms with Crippen LogP contribution in [0.25, 0.3) is 10.8 Å².